The van der Waals surface area contributed by atoms with E-state index in [2.05, 4.69) is 105 Å². The maximum atomic E-state index is 2.33. The van der Waals surface area contributed by atoms with Crippen molar-refractivity contribution in [3.63, 3.8) is 0 Å². The minimum atomic E-state index is -1.73. The van der Waals surface area contributed by atoms with Crippen LogP contribution in [0.2, 0.25) is 0 Å². The highest BCUT2D eigenvalue weighted by molar-refractivity contribution is 7.95. The first-order chi connectivity index (χ1) is 11.3. The van der Waals surface area contributed by atoms with Gasteiger partial charge in [0.2, 0.25) is 0 Å². The lowest BCUT2D eigenvalue weighted by Crippen LogP contribution is -2.29. The molecule has 0 unspecified atom stereocenters. The Balaban J connectivity index is 2.47. The van der Waals surface area contributed by atoms with E-state index in [-0.39, 0.29) is 0 Å². The Morgan fingerprint density at radius 3 is 1.17 bits per heavy atom. The van der Waals surface area contributed by atoms with Crippen LogP contribution in [0.1, 0.15) is 20.3 Å². The molecule has 1 heteroatoms. The lowest BCUT2D eigenvalue weighted by molar-refractivity contribution is 1.30. The Labute approximate surface area is 139 Å². The first kappa shape index (κ1) is 15.8. The van der Waals surface area contributed by atoms with E-state index in [0.717, 1.165) is 6.42 Å². The van der Waals surface area contributed by atoms with Gasteiger partial charge >= 0.3 is 0 Å². The van der Waals surface area contributed by atoms with Crippen molar-refractivity contribution < 1.29 is 0 Å². The Morgan fingerprint density at radius 2 is 0.913 bits per heavy atom. The van der Waals surface area contributed by atoms with Crippen LogP contribution in [0.25, 0.3) is 0 Å². The monoisotopic (exact) mass is 318 g/mol. The van der Waals surface area contributed by atoms with Gasteiger partial charge in [0.25, 0.3) is 0 Å². The molecule has 23 heavy (non-hydrogen) atoms. The summed E-state index contributed by atoms with van der Waals surface area (Å²) in [6.07, 6.45) is 1.09. The fourth-order valence-corrected chi connectivity index (χ4v) is 7.85. The zero-order chi connectivity index (χ0) is 16.1. The first-order valence-corrected chi connectivity index (χ1v) is 9.98. The van der Waals surface area contributed by atoms with E-state index < -0.39 is 6.89 Å². The molecule has 0 atom stereocenters. The second-order valence-electron chi connectivity index (χ2n) is 5.77. The van der Waals surface area contributed by atoms with Crippen LogP contribution in [-0.2, 0) is 0 Å². The molecule has 0 aliphatic rings. The van der Waals surface area contributed by atoms with Crippen LogP contribution in [0.4, 0.5) is 0 Å². The highest BCUT2D eigenvalue weighted by atomic mass is 31.2. The molecule has 3 aromatic carbocycles. The lowest BCUT2D eigenvalue weighted by Gasteiger charge is -2.31. The lowest BCUT2D eigenvalue weighted by atomic mass is 10.3. The average molecular weight is 318 g/mol. The van der Waals surface area contributed by atoms with E-state index in [9.17, 15) is 0 Å². The predicted molar refractivity (Wildman–Crippen MR) is 106 cm³/mol. The molecule has 3 rings (SSSR count). The van der Waals surface area contributed by atoms with Crippen molar-refractivity contribution in [2.24, 2.45) is 0 Å². The van der Waals surface area contributed by atoms with E-state index >= 15 is 0 Å². The molecule has 0 saturated heterocycles. The Kier molecular flexibility index (Phi) is 4.84. The summed E-state index contributed by atoms with van der Waals surface area (Å²) >= 11 is 0. The van der Waals surface area contributed by atoms with E-state index in [4.69, 9.17) is 0 Å². The minimum absolute atomic E-state index is 1.09. The van der Waals surface area contributed by atoms with Crippen molar-refractivity contribution in [3.05, 3.63) is 91.0 Å². The molecule has 0 nitrogen and oxygen atoms in total. The summed E-state index contributed by atoms with van der Waals surface area (Å²) in [5.41, 5.74) is 0. The predicted octanol–water partition coefficient (Wildman–Crippen LogP) is 4.58. The highest BCUT2D eigenvalue weighted by Gasteiger charge is 2.26. The molecule has 3 aromatic rings. The van der Waals surface area contributed by atoms with Crippen molar-refractivity contribution in [2.45, 2.75) is 20.3 Å². The summed E-state index contributed by atoms with van der Waals surface area (Å²) in [7, 11) is 0. The van der Waals surface area contributed by atoms with Crippen molar-refractivity contribution in [1.29, 1.82) is 0 Å². The molecule has 0 heterocycles. The van der Waals surface area contributed by atoms with E-state index in [0.29, 0.717) is 0 Å². The topological polar surface area (TPSA) is 0 Å². The molecule has 0 saturated carbocycles. The van der Waals surface area contributed by atoms with Gasteiger partial charge in [-0.15, -0.1) is 0 Å². The van der Waals surface area contributed by atoms with Gasteiger partial charge in [-0.1, -0.05) is 103 Å². The molecule has 0 aromatic heterocycles. The normalized spacial score (nSPS) is 11.2. The molecule has 0 N–H and O–H groups in total. The van der Waals surface area contributed by atoms with Gasteiger partial charge in [-0.25, -0.2) is 0 Å². The Hall–Kier alpha value is -2.04. The van der Waals surface area contributed by atoms with Crippen LogP contribution in [0.15, 0.2) is 91.0 Å². The average Bonchev–Trinajstić information content (AvgIpc) is 2.65. The molecule has 0 fully saturated rings. The second kappa shape index (κ2) is 7.02. The second-order valence-corrected chi connectivity index (χ2v) is 9.42. The fraction of sp³-hybridized carbons (Fsp3) is 0.136. The van der Waals surface area contributed by atoms with Crippen molar-refractivity contribution >= 4 is 28.1 Å². The molecule has 0 aliphatic heterocycles. The zero-order valence-corrected chi connectivity index (χ0v) is 14.7. The number of hydrogen-bond donors (Lipinski definition) is 0. The van der Waals surface area contributed by atoms with E-state index in [1.807, 2.05) is 0 Å². The van der Waals surface area contributed by atoms with Gasteiger partial charge in [-0.3, -0.25) is 0 Å². The summed E-state index contributed by atoms with van der Waals surface area (Å²) in [6, 6.07) is 33.1. The van der Waals surface area contributed by atoms with Gasteiger partial charge < -0.3 is 0 Å². The van der Waals surface area contributed by atoms with E-state index in [1.165, 1.54) is 15.9 Å². The van der Waals surface area contributed by atoms with Gasteiger partial charge in [-0.2, -0.15) is 0 Å². The van der Waals surface area contributed by atoms with Gasteiger partial charge in [0.15, 0.2) is 0 Å². The SMILES string of the molecule is CCC(C)=P(c1ccccc1)(c1ccccc1)c1ccccc1. The molecule has 0 bridgehead atoms. The summed E-state index contributed by atoms with van der Waals surface area (Å²) in [5, 5.41) is 5.89. The van der Waals surface area contributed by atoms with Crippen LogP contribution in [-0.4, -0.2) is 5.29 Å². The summed E-state index contributed by atoms with van der Waals surface area (Å²) in [5.74, 6) is 0. The van der Waals surface area contributed by atoms with Crippen molar-refractivity contribution in [1.82, 2.24) is 0 Å². The maximum absolute atomic E-state index is 2.33. The number of hydrogen-bond acceptors (Lipinski definition) is 0. The molecular weight excluding hydrogens is 295 g/mol. The van der Waals surface area contributed by atoms with Crippen LogP contribution < -0.4 is 15.9 Å². The largest absolute Gasteiger partial charge is 0.0634 e. The van der Waals surface area contributed by atoms with Crippen LogP contribution in [0.5, 0.6) is 0 Å². The molecule has 0 amide bonds. The van der Waals surface area contributed by atoms with E-state index in [1.54, 1.807) is 5.29 Å². The standard InChI is InChI=1S/C22H23P/c1-3-19(2)23(20-13-7-4-8-14-20,21-15-9-5-10-16-21)22-17-11-6-12-18-22/h4-18H,3H2,1-2H3. The third kappa shape index (κ3) is 2.80. The van der Waals surface area contributed by atoms with Gasteiger partial charge in [0.05, 0.1) is 0 Å². The van der Waals surface area contributed by atoms with Crippen molar-refractivity contribution in [2.75, 3.05) is 0 Å². The summed E-state index contributed by atoms with van der Waals surface area (Å²) < 4.78 is 0. The zero-order valence-electron chi connectivity index (χ0n) is 13.8. The quantitative estimate of drug-likeness (QED) is 0.618. The molecular formula is C22H23P. The summed E-state index contributed by atoms with van der Waals surface area (Å²) in [6.45, 7) is 2.88. The van der Waals surface area contributed by atoms with Crippen LogP contribution in [0.3, 0.4) is 0 Å². The fourth-order valence-electron chi connectivity index (χ4n) is 3.30. The highest BCUT2D eigenvalue weighted by Crippen LogP contribution is 2.46. The minimum Gasteiger partial charge on any atom is -0.0634 e. The van der Waals surface area contributed by atoms with Crippen LogP contribution in [0, 0.1) is 0 Å². The summed E-state index contributed by atoms with van der Waals surface area (Å²) in [4.78, 5) is 0. The number of rotatable bonds is 4. The molecule has 0 spiro atoms. The van der Waals surface area contributed by atoms with Gasteiger partial charge in [0, 0.05) is 0 Å². The van der Waals surface area contributed by atoms with Crippen molar-refractivity contribution in [3.8, 4) is 0 Å². The Bertz CT molecular complexity index is 699. The maximum Gasteiger partial charge on any atom is -0.0161 e. The van der Waals surface area contributed by atoms with Crippen LogP contribution >= 0.6 is 6.89 Å². The molecule has 116 valence electrons. The first-order valence-electron chi connectivity index (χ1n) is 8.19. The molecule has 0 aliphatic carbocycles. The van der Waals surface area contributed by atoms with Gasteiger partial charge in [0.1, 0.15) is 0 Å². The molecule has 0 radical (unpaired) electrons. The Morgan fingerprint density at radius 1 is 0.609 bits per heavy atom. The van der Waals surface area contributed by atoms with Gasteiger partial charge in [-0.05, 0) is 36.1 Å². The third-order valence-corrected chi connectivity index (χ3v) is 9.19. The third-order valence-electron chi connectivity index (χ3n) is 4.51. The number of benzene rings is 3. The smallest absolute Gasteiger partial charge is 0.0161 e.